The number of rotatable bonds is 8. The Kier molecular flexibility index (Phi) is 6.26. The van der Waals surface area contributed by atoms with Crippen molar-refractivity contribution in [1.82, 2.24) is 9.78 Å². The molecule has 0 bridgehead atoms. The van der Waals surface area contributed by atoms with Crippen LogP contribution in [0.1, 0.15) is 43.1 Å². The largest absolute Gasteiger partial charge is 0.481 e. The lowest BCUT2D eigenvalue weighted by molar-refractivity contribution is -0.136. The number of hydrogen-bond acceptors (Lipinski definition) is 3. The van der Waals surface area contributed by atoms with Gasteiger partial charge in [-0.25, -0.2) is 13.5 Å². The van der Waals surface area contributed by atoms with E-state index in [9.17, 15) is 13.6 Å². The van der Waals surface area contributed by atoms with Crippen molar-refractivity contribution in [2.45, 2.75) is 39.2 Å². The fourth-order valence-corrected chi connectivity index (χ4v) is 2.91. The van der Waals surface area contributed by atoms with E-state index in [4.69, 9.17) is 9.84 Å². The van der Waals surface area contributed by atoms with Crippen molar-refractivity contribution in [2.24, 2.45) is 0 Å². The molecular weight excluding hydrogens is 378 g/mol. The molecule has 0 radical (unpaired) electrons. The van der Waals surface area contributed by atoms with Gasteiger partial charge in [0.25, 0.3) is 0 Å². The van der Waals surface area contributed by atoms with E-state index in [-0.39, 0.29) is 30.9 Å². The van der Waals surface area contributed by atoms with Crippen molar-refractivity contribution in [3.05, 3.63) is 77.1 Å². The monoisotopic (exact) mass is 400 g/mol. The fourth-order valence-electron chi connectivity index (χ4n) is 2.91. The molecule has 0 saturated heterocycles. The summed E-state index contributed by atoms with van der Waals surface area (Å²) in [5.41, 5.74) is 2.60. The smallest absolute Gasteiger partial charge is 0.303 e. The Labute approximate surface area is 167 Å². The van der Waals surface area contributed by atoms with Crippen molar-refractivity contribution in [3.8, 4) is 11.4 Å². The lowest BCUT2D eigenvalue weighted by Crippen LogP contribution is -2.07. The standard InChI is InChI=1S/C22H22F2N2O3/c1-14(2)20-12-17(26(25-20)16-6-4-3-5-7-16)13-29-22-18(23)10-15(11-19(22)24)8-9-21(27)28/h3-7,10-12,14H,8-9,13H2,1-2H3,(H,27,28). The van der Waals surface area contributed by atoms with Crippen LogP contribution in [0.5, 0.6) is 5.75 Å². The third-order valence-electron chi connectivity index (χ3n) is 4.44. The van der Waals surface area contributed by atoms with E-state index in [2.05, 4.69) is 5.10 Å². The van der Waals surface area contributed by atoms with E-state index < -0.39 is 23.4 Å². The second-order valence-electron chi connectivity index (χ2n) is 7.03. The van der Waals surface area contributed by atoms with Crippen molar-refractivity contribution >= 4 is 5.97 Å². The van der Waals surface area contributed by atoms with Crippen molar-refractivity contribution < 1.29 is 23.4 Å². The highest BCUT2D eigenvalue weighted by Gasteiger charge is 2.17. The number of carboxylic acids is 1. The Bertz CT molecular complexity index is 978. The number of nitrogens with zero attached hydrogens (tertiary/aromatic N) is 2. The molecule has 152 valence electrons. The van der Waals surface area contributed by atoms with Gasteiger partial charge in [0.05, 0.1) is 17.1 Å². The first-order chi connectivity index (χ1) is 13.8. The number of benzene rings is 2. The van der Waals surface area contributed by atoms with E-state index in [1.54, 1.807) is 4.68 Å². The number of aryl methyl sites for hydroxylation is 1. The topological polar surface area (TPSA) is 64.3 Å². The molecule has 2 aromatic carbocycles. The summed E-state index contributed by atoms with van der Waals surface area (Å²) < 4.78 is 35.9. The van der Waals surface area contributed by atoms with Gasteiger partial charge < -0.3 is 9.84 Å². The van der Waals surface area contributed by atoms with Crippen LogP contribution in [0.15, 0.2) is 48.5 Å². The maximum atomic E-state index is 14.4. The third kappa shape index (κ3) is 4.99. The average Bonchev–Trinajstić information content (AvgIpc) is 3.11. The molecule has 0 fully saturated rings. The van der Waals surface area contributed by atoms with Gasteiger partial charge in [0.2, 0.25) is 0 Å². The second-order valence-corrected chi connectivity index (χ2v) is 7.03. The number of hydrogen-bond donors (Lipinski definition) is 1. The minimum Gasteiger partial charge on any atom is -0.481 e. The van der Waals surface area contributed by atoms with Crippen molar-refractivity contribution in [3.63, 3.8) is 0 Å². The zero-order valence-electron chi connectivity index (χ0n) is 16.2. The molecule has 0 aliphatic carbocycles. The number of aromatic nitrogens is 2. The lowest BCUT2D eigenvalue weighted by Gasteiger charge is -2.11. The summed E-state index contributed by atoms with van der Waals surface area (Å²) in [6.07, 6.45) is -0.157. The predicted molar refractivity (Wildman–Crippen MR) is 104 cm³/mol. The van der Waals surface area contributed by atoms with E-state index in [1.165, 1.54) is 0 Å². The van der Waals surface area contributed by atoms with Crippen LogP contribution in [0.2, 0.25) is 0 Å². The number of carboxylic acid groups (broad SMARTS) is 1. The van der Waals surface area contributed by atoms with Crippen LogP contribution < -0.4 is 4.74 Å². The lowest BCUT2D eigenvalue weighted by atomic mass is 10.1. The SMILES string of the molecule is CC(C)c1cc(COc2c(F)cc(CCC(=O)O)cc2F)n(-c2ccccc2)n1. The van der Waals surface area contributed by atoms with Crippen LogP contribution in [-0.4, -0.2) is 20.9 Å². The van der Waals surface area contributed by atoms with Gasteiger partial charge >= 0.3 is 5.97 Å². The van der Waals surface area contributed by atoms with E-state index in [0.717, 1.165) is 23.5 Å². The summed E-state index contributed by atoms with van der Waals surface area (Å²) in [6.45, 7) is 3.95. The Hall–Kier alpha value is -3.22. The molecule has 29 heavy (non-hydrogen) atoms. The minimum absolute atomic E-state index is 0.0436. The number of aliphatic carboxylic acids is 1. The summed E-state index contributed by atoms with van der Waals surface area (Å²) in [4.78, 5) is 10.6. The molecule has 0 spiro atoms. The molecule has 1 heterocycles. The molecule has 0 aliphatic rings. The summed E-state index contributed by atoms with van der Waals surface area (Å²) >= 11 is 0. The van der Waals surface area contributed by atoms with Gasteiger partial charge in [-0.1, -0.05) is 32.0 Å². The average molecular weight is 400 g/mol. The second kappa shape index (κ2) is 8.86. The van der Waals surface area contributed by atoms with Crippen LogP contribution in [0.25, 0.3) is 5.69 Å². The number of ether oxygens (including phenoxy) is 1. The summed E-state index contributed by atoms with van der Waals surface area (Å²) in [7, 11) is 0. The molecule has 0 atom stereocenters. The highest BCUT2D eigenvalue weighted by molar-refractivity contribution is 5.67. The molecule has 1 N–H and O–H groups in total. The Balaban J connectivity index is 1.83. The van der Waals surface area contributed by atoms with Crippen molar-refractivity contribution in [1.29, 1.82) is 0 Å². The van der Waals surface area contributed by atoms with Crippen LogP contribution in [0, 0.1) is 11.6 Å². The first-order valence-corrected chi connectivity index (χ1v) is 9.32. The van der Waals surface area contributed by atoms with Gasteiger partial charge in [-0.05, 0) is 48.2 Å². The Morgan fingerprint density at radius 1 is 1.14 bits per heavy atom. The van der Waals surface area contributed by atoms with Crippen LogP contribution in [0.3, 0.4) is 0 Å². The quantitative estimate of drug-likeness (QED) is 0.586. The van der Waals surface area contributed by atoms with Crippen LogP contribution in [0.4, 0.5) is 8.78 Å². The van der Waals surface area contributed by atoms with E-state index >= 15 is 0 Å². The molecular formula is C22H22F2N2O3. The van der Waals surface area contributed by atoms with Crippen molar-refractivity contribution in [2.75, 3.05) is 0 Å². The van der Waals surface area contributed by atoms with Gasteiger partial charge in [0.15, 0.2) is 17.4 Å². The van der Waals surface area contributed by atoms with Gasteiger partial charge in [0, 0.05) is 6.42 Å². The number of halogens is 2. The molecule has 5 nitrogen and oxygen atoms in total. The highest BCUT2D eigenvalue weighted by Crippen LogP contribution is 2.26. The normalized spacial score (nSPS) is 11.1. The number of carbonyl (C=O) groups is 1. The van der Waals surface area contributed by atoms with E-state index in [1.807, 2.05) is 50.2 Å². The first kappa shape index (κ1) is 20.5. The zero-order chi connectivity index (χ0) is 21.0. The highest BCUT2D eigenvalue weighted by atomic mass is 19.1. The summed E-state index contributed by atoms with van der Waals surface area (Å²) in [6, 6.07) is 13.5. The predicted octanol–water partition coefficient (Wildman–Crippen LogP) is 4.87. The number of para-hydroxylation sites is 1. The molecule has 1 aromatic heterocycles. The Morgan fingerprint density at radius 3 is 2.38 bits per heavy atom. The van der Waals surface area contributed by atoms with Gasteiger partial charge in [0.1, 0.15) is 6.61 Å². The fraction of sp³-hybridized carbons (Fsp3) is 0.273. The third-order valence-corrected chi connectivity index (χ3v) is 4.44. The molecule has 3 aromatic rings. The molecule has 7 heteroatoms. The molecule has 0 saturated carbocycles. The van der Waals surface area contributed by atoms with Crippen LogP contribution in [-0.2, 0) is 17.8 Å². The van der Waals surface area contributed by atoms with Crippen LogP contribution >= 0.6 is 0 Å². The first-order valence-electron chi connectivity index (χ1n) is 9.32. The van der Waals surface area contributed by atoms with E-state index in [0.29, 0.717) is 5.69 Å². The van der Waals surface area contributed by atoms with Gasteiger partial charge in [-0.15, -0.1) is 0 Å². The van der Waals surface area contributed by atoms with Gasteiger partial charge in [-0.3, -0.25) is 4.79 Å². The summed E-state index contributed by atoms with van der Waals surface area (Å²) in [5.74, 6) is -3.06. The zero-order valence-corrected chi connectivity index (χ0v) is 16.2. The minimum atomic E-state index is -1.03. The maximum Gasteiger partial charge on any atom is 0.303 e. The molecule has 3 rings (SSSR count). The molecule has 0 amide bonds. The summed E-state index contributed by atoms with van der Waals surface area (Å²) in [5, 5.41) is 13.3. The molecule has 0 aliphatic heterocycles. The van der Waals surface area contributed by atoms with Gasteiger partial charge in [-0.2, -0.15) is 5.10 Å². The Morgan fingerprint density at radius 2 is 1.79 bits per heavy atom. The molecule has 0 unspecified atom stereocenters. The maximum absolute atomic E-state index is 14.4.